The molecule has 0 heterocycles. The van der Waals surface area contributed by atoms with E-state index in [1.807, 2.05) is 6.08 Å². The Morgan fingerprint density at radius 1 is 1.27 bits per heavy atom. The van der Waals surface area contributed by atoms with Crippen molar-refractivity contribution in [3.8, 4) is 12.3 Å². The molecule has 1 heteroatoms. The van der Waals surface area contributed by atoms with Crippen LogP contribution in [0, 0.1) is 53.3 Å². The normalized spacial score (nSPS) is 50.4. The second kappa shape index (κ2) is 4.98. The maximum absolute atomic E-state index is 11.8. The van der Waals surface area contributed by atoms with Crippen LogP contribution >= 0.6 is 0 Å². The molecule has 0 aromatic carbocycles. The summed E-state index contributed by atoms with van der Waals surface area (Å²) in [7, 11) is 0. The van der Waals surface area contributed by atoms with Gasteiger partial charge in [-0.3, -0.25) is 4.79 Å². The van der Waals surface area contributed by atoms with Crippen LogP contribution in [0.1, 0.15) is 58.8 Å². The zero-order valence-electron chi connectivity index (χ0n) is 14.0. The molecular weight excluding hydrogens is 268 g/mol. The average Bonchev–Trinajstić information content (AvgIpc) is 2.83. The van der Waals surface area contributed by atoms with Crippen LogP contribution in [0.25, 0.3) is 0 Å². The molecule has 4 aliphatic carbocycles. The average molecular weight is 296 g/mol. The van der Waals surface area contributed by atoms with Crippen molar-refractivity contribution in [1.29, 1.82) is 0 Å². The first-order valence-corrected chi connectivity index (χ1v) is 9.24. The molecule has 0 spiro atoms. The van der Waals surface area contributed by atoms with Crippen LogP contribution in [0.2, 0.25) is 0 Å². The van der Waals surface area contributed by atoms with Gasteiger partial charge in [0.05, 0.1) is 0 Å². The number of carbonyl (C=O) groups is 1. The Morgan fingerprint density at radius 3 is 2.86 bits per heavy atom. The van der Waals surface area contributed by atoms with Crippen molar-refractivity contribution in [2.24, 2.45) is 40.9 Å². The van der Waals surface area contributed by atoms with Crippen molar-refractivity contribution in [3.63, 3.8) is 0 Å². The van der Waals surface area contributed by atoms with E-state index in [2.05, 4.69) is 19.8 Å². The second-order valence-electron chi connectivity index (χ2n) is 8.70. The van der Waals surface area contributed by atoms with Gasteiger partial charge >= 0.3 is 0 Å². The first-order valence-electron chi connectivity index (χ1n) is 9.24. The summed E-state index contributed by atoms with van der Waals surface area (Å²) in [5.41, 5.74) is 1.87. The lowest BCUT2D eigenvalue weighted by Gasteiger charge is -2.55. The van der Waals surface area contributed by atoms with Gasteiger partial charge in [0.15, 0.2) is 5.78 Å². The van der Waals surface area contributed by atoms with Crippen molar-refractivity contribution in [2.75, 3.05) is 0 Å². The summed E-state index contributed by atoms with van der Waals surface area (Å²) in [6.07, 6.45) is 16.1. The maximum Gasteiger partial charge on any atom is 0.155 e. The fourth-order valence-corrected chi connectivity index (χ4v) is 6.86. The molecule has 4 rings (SSSR count). The van der Waals surface area contributed by atoms with Crippen LogP contribution in [0.3, 0.4) is 0 Å². The zero-order valence-corrected chi connectivity index (χ0v) is 14.0. The van der Waals surface area contributed by atoms with Gasteiger partial charge < -0.3 is 0 Å². The topological polar surface area (TPSA) is 17.1 Å². The number of terminal acetylenes is 1. The van der Waals surface area contributed by atoms with Crippen molar-refractivity contribution in [3.05, 3.63) is 11.6 Å². The van der Waals surface area contributed by atoms with E-state index in [4.69, 9.17) is 6.42 Å². The number of carbonyl (C=O) groups excluding carboxylic acids is 1. The predicted octanol–water partition coefficient (Wildman–Crippen LogP) is 4.62. The molecule has 3 fully saturated rings. The van der Waals surface area contributed by atoms with Crippen molar-refractivity contribution >= 4 is 5.78 Å². The maximum atomic E-state index is 11.8. The SMILES string of the molecule is C#CC1CCC2C3C(CCC12C)C1CCC(=O)C=C1C[C@H]3C. The molecule has 6 unspecified atom stereocenters. The van der Waals surface area contributed by atoms with Crippen LogP contribution in [0.4, 0.5) is 0 Å². The molecule has 118 valence electrons. The molecule has 1 nitrogen and oxygen atoms in total. The van der Waals surface area contributed by atoms with Crippen LogP contribution in [-0.2, 0) is 4.79 Å². The minimum Gasteiger partial charge on any atom is -0.295 e. The summed E-state index contributed by atoms with van der Waals surface area (Å²) in [5.74, 6) is 7.88. The van der Waals surface area contributed by atoms with Gasteiger partial charge in [-0.1, -0.05) is 19.4 Å². The van der Waals surface area contributed by atoms with Crippen molar-refractivity contribution in [1.82, 2.24) is 0 Å². The summed E-state index contributed by atoms with van der Waals surface area (Å²) < 4.78 is 0. The highest BCUT2D eigenvalue weighted by atomic mass is 16.1. The van der Waals surface area contributed by atoms with Crippen molar-refractivity contribution < 1.29 is 4.79 Å². The first kappa shape index (κ1) is 14.6. The third-order valence-electron chi connectivity index (χ3n) is 7.84. The highest BCUT2D eigenvalue weighted by Gasteiger charge is 2.57. The van der Waals surface area contributed by atoms with Crippen LogP contribution in [0.5, 0.6) is 0 Å². The van der Waals surface area contributed by atoms with Gasteiger partial charge in [0.25, 0.3) is 0 Å². The first-order chi connectivity index (χ1) is 10.5. The van der Waals surface area contributed by atoms with Gasteiger partial charge in [0.1, 0.15) is 0 Å². The van der Waals surface area contributed by atoms with Gasteiger partial charge in [-0.25, -0.2) is 0 Å². The third kappa shape index (κ3) is 1.89. The molecular formula is C21H28O. The number of ketones is 1. The summed E-state index contributed by atoms with van der Waals surface area (Å²) >= 11 is 0. The third-order valence-corrected chi connectivity index (χ3v) is 7.84. The Hall–Kier alpha value is -1.03. The van der Waals surface area contributed by atoms with Gasteiger partial charge in [0, 0.05) is 12.3 Å². The predicted molar refractivity (Wildman–Crippen MR) is 89.0 cm³/mol. The molecule has 4 aliphatic rings. The summed E-state index contributed by atoms with van der Waals surface area (Å²) in [4.78, 5) is 11.8. The molecule has 0 amide bonds. The Kier molecular flexibility index (Phi) is 3.30. The van der Waals surface area contributed by atoms with Crippen molar-refractivity contribution in [2.45, 2.75) is 58.8 Å². The highest BCUT2D eigenvalue weighted by molar-refractivity contribution is 5.91. The molecule has 0 bridgehead atoms. The van der Waals surface area contributed by atoms with E-state index < -0.39 is 0 Å². The Balaban J connectivity index is 1.68. The Bertz CT molecular complexity index is 565. The number of hydrogen-bond acceptors (Lipinski definition) is 1. The molecule has 7 atom stereocenters. The number of allylic oxidation sites excluding steroid dienone is 1. The van der Waals surface area contributed by atoms with E-state index in [0.29, 0.717) is 23.0 Å². The fraction of sp³-hybridized carbons (Fsp3) is 0.762. The minimum atomic E-state index is 0.366. The quantitative estimate of drug-likeness (QED) is 0.596. The van der Waals surface area contributed by atoms with Crippen LogP contribution < -0.4 is 0 Å². The van der Waals surface area contributed by atoms with Crippen LogP contribution in [-0.4, -0.2) is 5.78 Å². The smallest absolute Gasteiger partial charge is 0.155 e. The molecule has 0 saturated heterocycles. The fourth-order valence-electron chi connectivity index (χ4n) is 6.86. The van der Waals surface area contributed by atoms with Gasteiger partial charge in [-0.15, -0.1) is 12.3 Å². The molecule has 3 saturated carbocycles. The lowest BCUT2D eigenvalue weighted by Crippen LogP contribution is -2.49. The molecule has 0 aromatic heterocycles. The van der Waals surface area contributed by atoms with E-state index in [1.165, 1.54) is 31.3 Å². The molecule has 0 N–H and O–H groups in total. The van der Waals surface area contributed by atoms with Gasteiger partial charge in [0.2, 0.25) is 0 Å². The lowest BCUT2D eigenvalue weighted by molar-refractivity contribution is -0.116. The molecule has 0 aliphatic heterocycles. The number of fused-ring (bicyclic) bond motifs is 5. The van der Waals surface area contributed by atoms with E-state index in [0.717, 1.165) is 42.9 Å². The summed E-state index contributed by atoms with van der Waals surface area (Å²) in [6, 6.07) is 0. The lowest BCUT2D eigenvalue weighted by atomic mass is 9.49. The summed E-state index contributed by atoms with van der Waals surface area (Å²) in [6.45, 7) is 4.91. The van der Waals surface area contributed by atoms with Gasteiger partial charge in [-0.2, -0.15) is 0 Å². The summed E-state index contributed by atoms with van der Waals surface area (Å²) in [5, 5.41) is 0. The Morgan fingerprint density at radius 2 is 2.09 bits per heavy atom. The van der Waals surface area contributed by atoms with E-state index in [-0.39, 0.29) is 0 Å². The number of rotatable bonds is 0. The molecule has 0 aromatic rings. The molecule has 22 heavy (non-hydrogen) atoms. The standard InChI is InChI=1S/C21H28O/c1-4-15-5-8-19-20-13(2)11-14-12-16(22)6-7-17(14)18(20)9-10-21(15,19)3/h1,12-13,15,17-20H,5-11H2,2-3H3/t13-,15?,17?,18?,19?,20?,21?/m1/s1. The largest absolute Gasteiger partial charge is 0.295 e. The minimum absolute atomic E-state index is 0.366. The highest BCUT2D eigenvalue weighted by Crippen LogP contribution is 2.64. The van der Waals surface area contributed by atoms with Crippen LogP contribution in [0.15, 0.2) is 11.6 Å². The second-order valence-corrected chi connectivity index (χ2v) is 8.70. The Labute approximate surface area is 134 Å². The zero-order chi connectivity index (χ0) is 15.5. The van der Waals surface area contributed by atoms with Gasteiger partial charge in [-0.05, 0) is 79.6 Å². The monoisotopic (exact) mass is 296 g/mol. The molecule has 0 radical (unpaired) electrons. The van der Waals surface area contributed by atoms with E-state index in [1.54, 1.807) is 0 Å². The van der Waals surface area contributed by atoms with E-state index in [9.17, 15) is 4.79 Å². The number of hydrogen-bond donors (Lipinski definition) is 0. The van der Waals surface area contributed by atoms with E-state index >= 15 is 0 Å².